The van der Waals surface area contributed by atoms with Gasteiger partial charge in [-0.25, -0.2) is 4.98 Å². The highest BCUT2D eigenvalue weighted by molar-refractivity contribution is 5.95. The number of nitrogens with zero attached hydrogens (tertiary/aromatic N) is 4. The SMILES string of the molecule is Cc1c(C(=O)NCc2ccon2)oc2c1-c1nn(C[C@@H]3COc4ncccc4O3)cc1CC2. The molecular formula is C23H21N5O5. The summed E-state index contributed by atoms with van der Waals surface area (Å²) in [6.45, 7) is 3.10. The lowest BCUT2D eigenvalue weighted by Gasteiger charge is -2.25. The van der Waals surface area contributed by atoms with Gasteiger partial charge in [-0.3, -0.25) is 9.48 Å². The maximum absolute atomic E-state index is 12.7. The molecule has 5 heterocycles. The number of nitrogens with one attached hydrogen (secondary N) is 1. The van der Waals surface area contributed by atoms with Crippen molar-refractivity contribution in [2.45, 2.75) is 39.0 Å². The first kappa shape index (κ1) is 19.6. The zero-order valence-electron chi connectivity index (χ0n) is 17.9. The molecule has 168 valence electrons. The van der Waals surface area contributed by atoms with Gasteiger partial charge in [0.25, 0.3) is 11.8 Å². The van der Waals surface area contributed by atoms with Gasteiger partial charge in [-0.2, -0.15) is 5.10 Å². The summed E-state index contributed by atoms with van der Waals surface area (Å²) in [7, 11) is 0. The number of fused-ring (bicyclic) bond motifs is 4. The molecule has 0 aromatic carbocycles. The topological polar surface area (TPSA) is 117 Å². The largest absolute Gasteiger partial charge is 0.479 e. The average molecular weight is 447 g/mol. The molecule has 1 aliphatic heterocycles. The van der Waals surface area contributed by atoms with Gasteiger partial charge < -0.3 is 23.7 Å². The van der Waals surface area contributed by atoms with Gasteiger partial charge in [-0.15, -0.1) is 0 Å². The van der Waals surface area contributed by atoms with E-state index in [-0.39, 0.29) is 18.6 Å². The van der Waals surface area contributed by atoms with Gasteiger partial charge in [0.15, 0.2) is 17.6 Å². The second kappa shape index (κ2) is 7.80. The van der Waals surface area contributed by atoms with E-state index in [2.05, 4.69) is 15.5 Å². The minimum absolute atomic E-state index is 0.175. The monoisotopic (exact) mass is 447 g/mol. The van der Waals surface area contributed by atoms with Crippen LogP contribution in [0.4, 0.5) is 0 Å². The van der Waals surface area contributed by atoms with Crippen molar-refractivity contribution in [2.75, 3.05) is 6.61 Å². The van der Waals surface area contributed by atoms with Crippen LogP contribution in [0.25, 0.3) is 11.3 Å². The lowest BCUT2D eigenvalue weighted by molar-refractivity contribution is 0.0716. The van der Waals surface area contributed by atoms with Gasteiger partial charge in [0.2, 0.25) is 0 Å². The van der Waals surface area contributed by atoms with E-state index in [9.17, 15) is 4.79 Å². The van der Waals surface area contributed by atoms with E-state index in [0.29, 0.717) is 42.7 Å². The van der Waals surface area contributed by atoms with E-state index in [0.717, 1.165) is 34.6 Å². The molecule has 6 rings (SSSR count). The number of furan rings is 1. The van der Waals surface area contributed by atoms with Crippen molar-refractivity contribution < 1.29 is 23.2 Å². The van der Waals surface area contributed by atoms with Crippen molar-refractivity contribution in [3.63, 3.8) is 0 Å². The Hall–Kier alpha value is -4.08. The molecule has 0 unspecified atom stereocenters. The van der Waals surface area contributed by atoms with Gasteiger partial charge in [0.05, 0.1) is 18.8 Å². The predicted molar refractivity (Wildman–Crippen MR) is 114 cm³/mol. The number of amides is 1. The van der Waals surface area contributed by atoms with Crippen LogP contribution in [-0.2, 0) is 25.9 Å². The number of aryl methyl sites for hydroxylation is 2. The van der Waals surface area contributed by atoms with Gasteiger partial charge in [0, 0.05) is 36.0 Å². The van der Waals surface area contributed by atoms with Crippen LogP contribution >= 0.6 is 0 Å². The van der Waals surface area contributed by atoms with E-state index in [1.807, 2.05) is 29.9 Å². The Bertz CT molecular complexity index is 1320. The lowest BCUT2D eigenvalue weighted by atomic mass is 9.93. The normalized spacial score (nSPS) is 16.2. The predicted octanol–water partition coefficient (Wildman–Crippen LogP) is 2.70. The minimum Gasteiger partial charge on any atom is -0.479 e. The van der Waals surface area contributed by atoms with E-state index in [1.165, 1.54) is 6.26 Å². The summed E-state index contributed by atoms with van der Waals surface area (Å²) in [5, 5.41) is 11.4. The molecule has 1 atom stereocenters. The van der Waals surface area contributed by atoms with Gasteiger partial charge in [-0.05, 0) is 31.0 Å². The molecule has 0 saturated heterocycles. The molecule has 4 aromatic rings. The number of hydrogen-bond acceptors (Lipinski definition) is 8. The van der Waals surface area contributed by atoms with Crippen molar-refractivity contribution in [3.8, 4) is 22.9 Å². The van der Waals surface area contributed by atoms with E-state index in [4.69, 9.17) is 23.5 Å². The van der Waals surface area contributed by atoms with Crippen molar-refractivity contribution in [3.05, 3.63) is 65.2 Å². The maximum Gasteiger partial charge on any atom is 0.287 e. The first-order chi connectivity index (χ1) is 16.2. The van der Waals surface area contributed by atoms with Gasteiger partial charge >= 0.3 is 0 Å². The van der Waals surface area contributed by atoms with Gasteiger partial charge in [-0.1, -0.05) is 5.16 Å². The van der Waals surface area contributed by atoms with Crippen LogP contribution in [0.2, 0.25) is 0 Å². The smallest absolute Gasteiger partial charge is 0.287 e. The maximum atomic E-state index is 12.7. The summed E-state index contributed by atoms with van der Waals surface area (Å²) in [6, 6.07) is 5.37. The second-order valence-corrected chi connectivity index (χ2v) is 8.11. The fourth-order valence-electron chi connectivity index (χ4n) is 4.31. The van der Waals surface area contributed by atoms with E-state index < -0.39 is 0 Å². The Labute approximate surface area is 188 Å². The molecule has 0 spiro atoms. The van der Waals surface area contributed by atoms with E-state index in [1.54, 1.807) is 12.3 Å². The summed E-state index contributed by atoms with van der Waals surface area (Å²) in [5.74, 6) is 1.96. The number of carbonyl (C=O) groups is 1. The highest BCUT2D eigenvalue weighted by Gasteiger charge is 2.30. The third-order valence-corrected chi connectivity index (χ3v) is 5.87. The third kappa shape index (κ3) is 3.53. The summed E-state index contributed by atoms with van der Waals surface area (Å²) in [5.41, 5.74) is 4.31. The molecule has 0 bridgehead atoms. The van der Waals surface area contributed by atoms with Crippen molar-refractivity contribution in [2.24, 2.45) is 0 Å². The first-order valence-electron chi connectivity index (χ1n) is 10.8. The minimum atomic E-state index is -0.286. The summed E-state index contributed by atoms with van der Waals surface area (Å²) < 4.78 is 24.4. The zero-order chi connectivity index (χ0) is 22.4. The van der Waals surface area contributed by atoms with Crippen LogP contribution in [0.15, 0.2) is 45.8 Å². The van der Waals surface area contributed by atoms with Crippen LogP contribution in [0.3, 0.4) is 0 Å². The van der Waals surface area contributed by atoms with Crippen molar-refractivity contribution in [1.82, 2.24) is 25.2 Å². The van der Waals surface area contributed by atoms with Crippen LogP contribution < -0.4 is 14.8 Å². The lowest BCUT2D eigenvalue weighted by Crippen LogP contribution is -2.33. The number of ether oxygens (including phenoxy) is 2. The fourth-order valence-corrected chi connectivity index (χ4v) is 4.31. The molecule has 1 aliphatic carbocycles. The summed E-state index contributed by atoms with van der Waals surface area (Å²) >= 11 is 0. The van der Waals surface area contributed by atoms with Crippen LogP contribution in [0, 0.1) is 6.92 Å². The van der Waals surface area contributed by atoms with Crippen LogP contribution in [0.5, 0.6) is 11.6 Å². The number of rotatable bonds is 5. The Morgan fingerprint density at radius 1 is 1.30 bits per heavy atom. The number of aromatic nitrogens is 4. The number of hydrogen-bond donors (Lipinski definition) is 1. The first-order valence-corrected chi connectivity index (χ1v) is 10.8. The molecule has 10 nitrogen and oxygen atoms in total. The van der Waals surface area contributed by atoms with Gasteiger partial charge in [0.1, 0.15) is 24.3 Å². The fraction of sp³-hybridized carbons (Fsp3) is 0.304. The third-order valence-electron chi connectivity index (χ3n) is 5.87. The Morgan fingerprint density at radius 3 is 3.12 bits per heavy atom. The summed E-state index contributed by atoms with van der Waals surface area (Å²) in [6.07, 6.45) is 6.52. The summed E-state index contributed by atoms with van der Waals surface area (Å²) in [4.78, 5) is 16.9. The molecular weight excluding hydrogens is 426 g/mol. The Morgan fingerprint density at radius 2 is 2.24 bits per heavy atom. The molecule has 0 radical (unpaired) electrons. The standard InChI is InChI=1S/C23H21N5O5/c1-13-19-17(33-21(13)22(29)25-9-15-6-8-31-27-15)5-4-14-10-28(26-20(14)19)11-16-12-30-23-18(32-16)3-2-7-24-23/h2-3,6-8,10,16H,4-5,9,11-12H2,1H3,(H,25,29)/t16-/m1/s1. The highest BCUT2D eigenvalue weighted by Crippen LogP contribution is 2.38. The Kier molecular flexibility index (Phi) is 4.63. The van der Waals surface area contributed by atoms with Crippen molar-refractivity contribution >= 4 is 5.91 Å². The molecule has 1 N–H and O–H groups in total. The average Bonchev–Trinajstić information content (AvgIpc) is 3.56. The molecule has 2 aliphatic rings. The molecule has 4 aromatic heterocycles. The highest BCUT2D eigenvalue weighted by atomic mass is 16.6. The molecule has 33 heavy (non-hydrogen) atoms. The molecule has 0 saturated carbocycles. The van der Waals surface area contributed by atoms with Crippen LogP contribution in [0.1, 0.15) is 33.1 Å². The number of pyridine rings is 1. The van der Waals surface area contributed by atoms with E-state index >= 15 is 0 Å². The van der Waals surface area contributed by atoms with Crippen LogP contribution in [-0.4, -0.2) is 38.5 Å². The molecule has 10 heteroatoms. The number of carbonyl (C=O) groups excluding carboxylic acids is 1. The Balaban J connectivity index is 1.21. The van der Waals surface area contributed by atoms with Crippen molar-refractivity contribution in [1.29, 1.82) is 0 Å². The molecule has 0 fully saturated rings. The molecule has 1 amide bonds. The second-order valence-electron chi connectivity index (χ2n) is 8.11. The quantitative estimate of drug-likeness (QED) is 0.496. The zero-order valence-corrected chi connectivity index (χ0v) is 17.9.